The highest BCUT2D eigenvalue weighted by molar-refractivity contribution is 7.89. The molecule has 2 rings (SSSR count). The van der Waals surface area contributed by atoms with Crippen molar-refractivity contribution >= 4 is 10.0 Å². The molecule has 0 spiro atoms. The van der Waals surface area contributed by atoms with Crippen molar-refractivity contribution in [2.75, 3.05) is 19.4 Å². The van der Waals surface area contributed by atoms with E-state index >= 15 is 0 Å². The van der Waals surface area contributed by atoms with Crippen molar-refractivity contribution in [1.82, 2.24) is 4.31 Å². The zero-order valence-corrected chi connectivity index (χ0v) is 12.8. The van der Waals surface area contributed by atoms with Crippen LogP contribution in [0, 0.1) is 11.3 Å². The summed E-state index contributed by atoms with van der Waals surface area (Å²) < 4.78 is 31.0. The van der Waals surface area contributed by atoms with E-state index in [9.17, 15) is 13.5 Å². The molecule has 2 atom stereocenters. The molecule has 1 aliphatic heterocycles. The first-order valence-electron chi connectivity index (χ1n) is 6.71. The quantitative estimate of drug-likeness (QED) is 0.900. The number of benzene rings is 1. The Bertz CT molecular complexity index is 666. The van der Waals surface area contributed by atoms with Gasteiger partial charge >= 0.3 is 0 Å². The summed E-state index contributed by atoms with van der Waals surface area (Å²) in [7, 11) is -2.03. The molecule has 0 saturated heterocycles. The molecule has 1 aliphatic rings. The fraction of sp³-hybridized carbons (Fsp3) is 0.500. The lowest BCUT2D eigenvalue weighted by Crippen LogP contribution is -2.38. The van der Waals surface area contributed by atoms with Gasteiger partial charge in [0.05, 0.1) is 36.1 Å². The molecule has 0 fully saturated rings. The number of aliphatic hydroxyl groups is 1. The predicted molar refractivity (Wildman–Crippen MR) is 77.2 cm³/mol. The highest BCUT2D eigenvalue weighted by Crippen LogP contribution is 2.37. The molecule has 1 aromatic rings. The Kier molecular flexibility index (Phi) is 4.52. The van der Waals surface area contributed by atoms with Crippen molar-refractivity contribution in [3.8, 4) is 11.8 Å². The molecule has 0 bridgehead atoms. The van der Waals surface area contributed by atoms with Gasteiger partial charge in [-0.15, -0.1) is 0 Å². The summed E-state index contributed by atoms with van der Waals surface area (Å²) in [4.78, 5) is 0. The molecule has 114 valence electrons. The normalized spacial score (nSPS) is 22.0. The number of fused-ring (bicyclic) bond motifs is 1. The molecule has 21 heavy (non-hydrogen) atoms. The lowest BCUT2D eigenvalue weighted by Gasteiger charge is -2.30. The third kappa shape index (κ3) is 3.02. The van der Waals surface area contributed by atoms with Crippen LogP contribution in [0.5, 0.6) is 5.75 Å². The van der Waals surface area contributed by atoms with Crippen LogP contribution in [0.25, 0.3) is 0 Å². The third-order valence-electron chi connectivity index (χ3n) is 3.69. The number of likely N-dealkylation sites (N-methyl/N-ethyl adjacent to an activating group) is 1. The fourth-order valence-electron chi connectivity index (χ4n) is 2.45. The number of hydrogen-bond donors (Lipinski definition) is 1. The summed E-state index contributed by atoms with van der Waals surface area (Å²) in [5.41, 5.74) is 0.928. The molecule has 0 saturated carbocycles. The van der Waals surface area contributed by atoms with E-state index in [-0.39, 0.29) is 5.75 Å². The highest BCUT2D eigenvalue weighted by atomic mass is 32.2. The van der Waals surface area contributed by atoms with Gasteiger partial charge in [-0.25, -0.2) is 8.42 Å². The van der Waals surface area contributed by atoms with Crippen molar-refractivity contribution in [3.05, 3.63) is 29.3 Å². The van der Waals surface area contributed by atoms with E-state index in [1.807, 2.05) is 6.07 Å². The van der Waals surface area contributed by atoms with E-state index in [0.29, 0.717) is 29.9 Å². The van der Waals surface area contributed by atoms with Crippen LogP contribution in [0.4, 0.5) is 0 Å². The SMILES string of the molecule is CCS(=O)(=O)N(C)C1c2cc(C#N)ccc2OCCC1O. The van der Waals surface area contributed by atoms with Crippen LogP contribution in [0.2, 0.25) is 0 Å². The van der Waals surface area contributed by atoms with E-state index in [1.54, 1.807) is 25.1 Å². The molecule has 0 aliphatic carbocycles. The molecule has 1 aromatic carbocycles. The summed E-state index contributed by atoms with van der Waals surface area (Å²) in [6.45, 7) is 1.86. The predicted octanol–water partition coefficient (Wildman–Crippen LogP) is 1.02. The van der Waals surface area contributed by atoms with Gasteiger partial charge in [-0.05, 0) is 25.1 Å². The summed E-state index contributed by atoms with van der Waals surface area (Å²) in [6.07, 6.45) is -0.559. The number of aliphatic hydroxyl groups excluding tert-OH is 1. The number of nitriles is 1. The van der Waals surface area contributed by atoms with Gasteiger partial charge in [-0.2, -0.15) is 9.57 Å². The maximum absolute atomic E-state index is 12.1. The van der Waals surface area contributed by atoms with Gasteiger partial charge in [-0.1, -0.05) is 0 Å². The van der Waals surface area contributed by atoms with Gasteiger partial charge in [-0.3, -0.25) is 0 Å². The summed E-state index contributed by atoms with van der Waals surface area (Å²) in [6, 6.07) is 6.11. The molecule has 2 unspecified atom stereocenters. The molecule has 0 aromatic heterocycles. The largest absolute Gasteiger partial charge is 0.493 e. The Labute approximate surface area is 124 Å². The van der Waals surface area contributed by atoms with E-state index in [1.165, 1.54) is 11.4 Å². The Morgan fingerprint density at radius 1 is 1.52 bits per heavy atom. The Morgan fingerprint density at radius 3 is 2.86 bits per heavy atom. The van der Waals surface area contributed by atoms with Gasteiger partial charge in [0.1, 0.15) is 5.75 Å². The van der Waals surface area contributed by atoms with E-state index in [0.717, 1.165) is 0 Å². The number of ether oxygens (including phenoxy) is 1. The topological polar surface area (TPSA) is 90.6 Å². The Balaban J connectivity index is 2.56. The van der Waals surface area contributed by atoms with Crippen LogP contribution in [-0.4, -0.2) is 43.3 Å². The fourth-order valence-corrected chi connectivity index (χ4v) is 3.46. The second-order valence-electron chi connectivity index (χ2n) is 4.93. The Hall–Kier alpha value is -1.62. The van der Waals surface area contributed by atoms with E-state index in [2.05, 4.69) is 0 Å². The van der Waals surface area contributed by atoms with Crippen molar-refractivity contribution in [2.24, 2.45) is 0 Å². The van der Waals surface area contributed by atoms with Gasteiger partial charge in [0.15, 0.2) is 0 Å². The first-order valence-corrected chi connectivity index (χ1v) is 8.32. The summed E-state index contributed by atoms with van der Waals surface area (Å²) >= 11 is 0. The Morgan fingerprint density at radius 2 is 2.24 bits per heavy atom. The van der Waals surface area contributed by atoms with E-state index in [4.69, 9.17) is 10.00 Å². The molecular weight excluding hydrogens is 292 g/mol. The second-order valence-corrected chi connectivity index (χ2v) is 7.25. The first kappa shape index (κ1) is 15.8. The monoisotopic (exact) mass is 310 g/mol. The van der Waals surface area contributed by atoms with Gasteiger partial charge in [0, 0.05) is 19.0 Å². The van der Waals surface area contributed by atoms with Crippen molar-refractivity contribution in [3.63, 3.8) is 0 Å². The lowest BCUT2D eigenvalue weighted by molar-refractivity contribution is 0.0869. The van der Waals surface area contributed by atoms with Crippen LogP contribution in [-0.2, 0) is 10.0 Å². The number of rotatable bonds is 3. The zero-order chi connectivity index (χ0) is 15.6. The second kappa shape index (κ2) is 6.02. The van der Waals surface area contributed by atoms with Crippen molar-refractivity contribution < 1.29 is 18.3 Å². The van der Waals surface area contributed by atoms with E-state index < -0.39 is 22.2 Å². The molecule has 1 heterocycles. The minimum atomic E-state index is -3.47. The molecule has 6 nitrogen and oxygen atoms in total. The van der Waals surface area contributed by atoms with Crippen LogP contribution in [0.15, 0.2) is 18.2 Å². The van der Waals surface area contributed by atoms with Crippen LogP contribution in [0.1, 0.15) is 30.5 Å². The molecule has 1 N–H and O–H groups in total. The molecule has 0 amide bonds. The van der Waals surface area contributed by atoms with Gasteiger partial charge in [0.25, 0.3) is 0 Å². The van der Waals surface area contributed by atoms with Crippen LogP contribution >= 0.6 is 0 Å². The highest BCUT2D eigenvalue weighted by Gasteiger charge is 2.35. The minimum Gasteiger partial charge on any atom is -0.493 e. The maximum Gasteiger partial charge on any atom is 0.214 e. The van der Waals surface area contributed by atoms with Crippen LogP contribution < -0.4 is 4.74 Å². The average Bonchev–Trinajstić information content (AvgIpc) is 2.63. The zero-order valence-electron chi connectivity index (χ0n) is 12.0. The molecule has 7 heteroatoms. The number of nitrogens with zero attached hydrogens (tertiary/aromatic N) is 2. The minimum absolute atomic E-state index is 0.0547. The molecular formula is C14H18N2O4S. The van der Waals surface area contributed by atoms with Crippen molar-refractivity contribution in [1.29, 1.82) is 5.26 Å². The van der Waals surface area contributed by atoms with Gasteiger partial charge < -0.3 is 9.84 Å². The third-order valence-corrected chi connectivity index (χ3v) is 5.52. The van der Waals surface area contributed by atoms with Crippen LogP contribution in [0.3, 0.4) is 0 Å². The summed E-state index contributed by atoms with van der Waals surface area (Å²) in [5.74, 6) is 0.453. The maximum atomic E-state index is 12.1. The van der Waals surface area contributed by atoms with Gasteiger partial charge in [0.2, 0.25) is 10.0 Å². The smallest absolute Gasteiger partial charge is 0.214 e. The number of sulfonamides is 1. The average molecular weight is 310 g/mol. The molecule has 0 radical (unpaired) electrons. The van der Waals surface area contributed by atoms with Crippen molar-refractivity contribution in [2.45, 2.75) is 25.5 Å². The first-order chi connectivity index (χ1) is 9.90. The standard InChI is InChI=1S/C14H18N2O4S/c1-3-21(18,19)16(2)14-11-8-10(9-15)4-5-13(11)20-7-6-12(14)17/h4-5,8,12,14,17H,3,6-7H2,1-2H3. The number of hydrogen-bond acceptors (Lipinski definition) is 5. The summed E-state index contributed by atoms with van der Waals surface area (Å²) in [5, 5.41) is 19.3. The lowest BCUT2D eigenvalue weighted by atomic mass is 9.98.